The average molecular weight is 491 g/mol. The third kappa shape index (κ3) is 4.53. The van der Waals surface area contributed by atoms with E-state index in [9.17, 15) is 19.2 Å². The number of hydrogen-bond acceptors (Lipinski definition) is 5. The third-order valence-corrected chi connectivity index (χ3v) is 6.21. The molecule has 0 saturated carbocycles. The second kappa shape index (κ2) is 9.80. The molecule has 2 aromatic carbocycles. The van der Waals surface area contributed by atoms with Gasteiger partial charge in [-0.1, -0.05) is 25.1 Å². The van der Waals surface area contributed by atoms with Gasteiger partial charge < -0.3 is 10.6 Å². The quantitative estimate of drug-likeness (QED) is 0.413. The van der Waals surface area contributed by atoms with Gasteiger partial charge in [0.25, 0.3) is 11.5 Å². The first-order chi connectivity index (χ1) is 17.1. The maximum absolute atomic E-state index is 13.5. The van der Waals surface area contributed by atoms with Crippen LogP contribution in [0.5, 0.6) is 0 Å². The number of nitrogens with one attached hydrogen (secondary N) is 2. The summed E-state index contributed by atoms with van der Waals surface area (Å²) in [5.74, 6) is -0.618. The van der Waals surface area contributed by atoms with Gasteiger partial charge in [-0.25, -0.2) is 13.9 Å². The second-order valence-electron chi connectivity index (χ2n) is 9.22. The minimum atomic E-state index is -0.580. The molecule has 10 nitrogen and oxygen atoms in total. The Morgan fingerprint density at radius 2 is 1.78 bits per heavy atom. The van der Waals surface area contributed by atoms with Crippen molar-refractivity contribution in [3.63, 3.8) is 0 Å². The first kappa shape index (κ1) is 24.9. The number of anilines is 1. The summed E-state index contributed by atoms with van der Waals surface area (Å²) in [6.45, 7) is 9.03. The number of benzene rings is 2. The van der Waals surface area contributed by atoms with Crippen LogP contribution in [0.1, 0.15) is 56.1 Å². The zero-order chi connectivity index (χ0) is 26.1. The molecule has 188 valence electrons. The van der Waals surface area contributed by atoms with Crippen molar-refractivity contribution in [2.75, 3.05) is 5.32 Å². The molecule has 0 bridgehead atoms. The van der Waals surface area contributed by atoms with Gasteiger partial charge in [-0.2, -0.15) is 0 Å². The lowest BCUT2D eigenvalue weighted by molar-refractivity contribution is -0.117. The monoisotopic (exact) mass is 490 g/mol. The highest BCUT2D eigenvalue weighted by Crippen LogP contribution is 2.17. The Labute approximate surface area is 207 Å². The van der Waals surface area contributed by atoms with Crippen molar-refractivity contribution in [2.45, 2.75) is 59.7 Å². The Hall–Kier alpha value is -4.21. The summed E-state index contributed by atoms with van der Waals surface area (Å²) in [5, 5.41) is 10.3. The molecule has 0 radical (unpaired) electrons. The highest BCUT2D eigenvalue weighted by Gasteiger charge is 2.21. The van der Waals surface area contributed by atoms with Gasteiger partial charge in [0.1, 0.15) is 6.54 Å². The van der Waals surface area contributed by atoms with Gasteiger partial charge >= 0.3 is 5.69 Å². The lowest BCUT2D eigenvalue weighted by Crippen LogP contribution is -2.32. The Kier molecular flexibility index (Phi) is 6.78. The molecule has 0 saturated heterocycles. The molecule has 0 aliphatic rings. The van der Waals surface area contributed by atoms with Gasteiger partial charge in [0.05, 0.1) is 10.9 Å². The molecule has 36 heavy (non-hydrogen) atoms. The van der Waals surface area contributed by atoms with Crippen LogP contribution >= 0.6 is 0 Å². The predicted molar refractivity (Wildman–Crippen MR) is 139 cm³/mol. The van der Waals surface area contributed by atoms with Gasteiger partial charge in [-0.05, 0) is 63.9 Å². The lowest BCUT2D eigenvalue weighted by Gasteiger charge is -2.14. The molecular formula is C26H30N6O4. The number of rotatable bonds is 7. The number of nitrogens with zero attached hydrogens (tertiary/aromatic N) is 4. The fourth-order valence-electron chi connectivity index (χ4n) is 4.04. The van der Waals surface area contributed by atoms with Crippen LogP contribution in [0.15, 0.2) is 52.1 Å². The first-order valence-electron chi connectivity index (χ1n) is 12.0. The van der Waals surface area contributed by atoms with E-state index in [4.69, 9.17) is 0 Å². The van der Waals surface area contributed by atoms with Gasteiger partial charge in [0, 0.05) is 23.3 Å². The number of aromatic nitrogens is 4. The van der Waals surface area contributed by atoms with Crippen LogP contribution in [-0.4, -0.2) is 36.6 Å². The lowest BCUT2D eigenvalue weighted by atomic mass is 10.1. The van der Waals surface area contributed by atoms with Gasteiger partial charge in [-0.3, -0.25) is 19.0 Å². The van der Waals surface area contributed by atoms with Crippen molar-refractivity contribution < 1.29 is 9.59 Å². The van der Waals surface area contributed by atoms with Crippen LogP contribution in [0.25, 0.3) is 16.7 Å². The van der Waals surface area contributed by atoms with Crippen molar-refractivity contribution in [1.82, 2.24) is 24.1 Å². The fraction of sp³-hybridized carbons (Fsp3) is 0.346. The Morgan fingerprint density at radius 3 is 2.44 bits per heavy atom. The summed E-state index contributed by atoms with van der Waals surface area (Å²) in [6, 6.07) is 11.6. The fourth-order valence-corrected chi connectivity index (χ4v) is 4.04. The van der Waals surface area contributed by atoms with Crippen molar-refractivity contribution in [1.29, 1.82) is 0 Å². The average Bonchev–Trinajstić information content (AvgIpc) is 3.15. The molecular weight excluding hydrogens is 460 g/mol. The van der Waals surface area contributed by atoms with Crippen LogP contribution in [0.3, 0.4) is 0 Å². The number of fused-ring (bicyclic) bond motifs is 3. The molecule has 0 spiro atoms. The molecule has 1 atom stereocenters. The number of carbonyl (C=O) groups is 2. The van der Waals surface area contributed by atoms with Crippen LogP contribution in [-0.2, 0) is 11.3 Å². The molecule has 4 rings (SSSR count). The van der Waals surface area contributed by atoms with E-state index in [-0.39, 0.29) is 46.8 Å². The van der Waals surface area contributed by atoms with E-state index in [1.165, 1.54) is 15.0 Å². The predicted octanol–water partition coefficient (Wildman–Crippen LogP) is 2.87. The largest absolute Gasteiger partial charge is 0.352 e. The number of para-hydroxylation sites is 1. The van der Waals surface area contributed by atoms with E-state index in [1.807, 2.05) is 52.8 Å². The zero-order valence-corrected chi connectivity index (χ0v) is 21.0. The highest BCUT2D eigenvalue weighted by molar-refractivity contribution is 5.98. The van der Waals surface area contributed by atoms with E-state index >= 15 is 0 Å². The number of hydrogen-bond donors (Lipinski definition) is 2. The summed E-state index contributed by atoms with van der Waals surface area (Å²) in [7, 11) is 0. The first-order valence-corrected chi connectivity index (χ1v) is 12.0. The van der Waals surface area contributed by atoms with Crippen molar-refractivity contribution in [2.24, 2.45) is 0 Å². The SMILES string of the molecule is CCC(C)NC(=O)c1ccc2c(=O)n(C(C)C)c3nn(CC(=O)Nc4ccccc4C)c(=O)n3c2c1. The topological polar surface area (TPSA) is 120 Å². The van der Waals surface area contributed by atoms with Crippen LogP contribution in [0, 0.1) is 6.92 Å². The van der Waals surface area contributed by atoms with Gasteiger partial charge in [0.15, 0.2) is 0 Å². The van der Waals surface area contributed by atoms with Crippen LogP contribution in [0.2, 0.25) is 0 Å². The van der Waals surface area contributed by atoms with E-state index < -0.39 is 11.6 Å². The van der Waals surface area contributed by atoms with E-state index in [2.05, 4.69) is 15.7 Å². The highest BCUT2D eigenvalue weighted by atomic mass is 16.2. The van der Waals surface area contributed by atoms with Gasteiger partial charge in [-0.15, -0.1) is 5.10 Å². The summed E-state index contributed by atoms with van der Waals surface area (Å²) < 4.78 is 3.74. The number of amides is 2. The molecule has 2 N–H and O–H groups in total. The Bertz CT molecular complexity index is 1590. The summed E-state index contributed by atoms with van der Waals surface area (Å²) in [5.41, 5.74) is 1.20. The maximum Gasteiger partial charge on any atom is 0.352 e. The molecule has 10 heteroatoms. The normalized spacial score (nSPS) is 12.3. The van der Waals surface area contributed by atoms with Crippen LogP contribution in [0.4, 0.5) is 5.69 Å². The molecule has 1 unspecified atom stereocenters. The van der Waals surface area contributed by atoms with E-state index in [0.29, 0.717) is 11.3 Å². The van der Waals surface area contributed by atoms with Crippen molar-refractivity contribution in [3.8, 4) is 0 Å². The zero-order valence-electron chi connectivity index (χ0n) is 21.0. The molecule has 0 aliphatic heterocycles. The minimum absolute atomic E-state index is 0.0283. The van der Waals surface area contributed by atoms with Crippen LogP contribution < -0.4 is 21.9 Å². The molecule has 0 aliphatic carbocycles. The third-order valence-electron chi connectivity index (χ3n) is 6.21. The molecule has 0 fully saturated rings. The Morgan fingerprint density at radius 1 is 1.06 bits per heavy atom. The maximum atomic E-state index is 13.5. The van der Waals surface area contributed by atoms with Gasteiger partial charge in [0.2, 0.25) is 11.7 Å². The standard InChI is InChI=1S/C26H30N6O4/c1-6-17(5)27-23(34)18-11-12-19-21(13-18)32-25(31(15(2)3)24(19)35)29-30(26(32)36)14-22(33)28-20-10-8-7-9-16(20)4/h7-13,15,17H,6,14H2,1-5H3,(H,27,34)(H,28,33). The molecule has 2 aromatic heterocycles. The van der Waals surface area contributed by atoms with E-state index in [0.717, 1.165) is 16.7 Å². The van der Waals surface area contributed by atoms with Crippen molar-refractivity contribution in [3.05, 3.63) is 74.4 Å². The summed E-state index contributed by atoms with van der Waals surface area (Å²) in [6.07, 6.45) is 0.763. The smallest absolute Gasteiger partial charge is 0.350 e. The molecule has 2 heterocycles. The number of carbonyl (C=O) groups excluding carboxylic acids is 2. The molecule has 2 amide bonds. The number of aryl methyl sites for hydroxylation is 1. The van der Waals surface area contributed by atoms with Crippen molar-refractivity contribution >= 4 is 34.2 Å². The van der Waals surface area contributed by atoms with E-state index in [1.54, 1.807) is 18.2 Å². The molecule has 4 aromatic rings. The summed E-state index contributed by atoms with van der Waals surface area (Å²) >= 11 is 0. The Balaban J connectivity index is 1.85. The summed E-state index contributed by atoms with van der Waals surface area (Å²) in [4.78, 5) is 52.3. The minimum Gasteiger partial charge on any atom is -0.350 e. The second-order valence-corrected chi connectivity index (χ2v) is 9.22.